The van der Waals surface area contributed by atoms with Crippen molar-refractivity contribution < 1.29 is 19.1 Å². The molecular weight excluding hydrogens is 309 g/mol. The molecule has 2 aromatic carbocycles. The number of benzene rings is 2. The van der Waals surface area contributed by atoms with E-state index >= 15 is 0 Å². The second-order valence-electron chi connectivity index (χ2n) is 5.83. The van der Waals surface area contributed by atoms with Gasteiger partial charge in [0.25, 0.3) is 0 Å². The molecule has 0 spiro atoms. The molecule has 0 bridgehead atoms. The molecule has 0 amide bonds. The van der Waals surface area contributed by atoms with Crippen LogP contribution < -0.4 is 5.73 Å². The maximum Gasteiger partial charge on any atom is 0.307 e. The molecule has 0 saturated carbocycles. The van der Waals surface area contributed by atoms with Crippen molar-refractivity contribution in [2.24, 2.45) is 11.7 Å². The lowest BCUT2D eigenvalue weighted by atomic mass is 9.91. The van der Waals surface area contributed by atoms with Gasteiger partial charge < -0.3 is 10.8 Å². The van der Waals surface area contributed by atoms with Gasteiger partial charge in [-0.15, -0.1) is 0 Å². The molecule has 0 heterocycles. The predicted molar refractivity (Wildman–Crippen MR) is 89.0 cm³/mol. The number of carboxylic acid groups (broad SMARTS) is 1. The third-order valence-corrected chi connectivity index (χ3v) is 3.90. The predicted octanol–water partition coefficient (Wildman–Crippen LogP) is 2.60. The Balaban J connectivity index is 1.97. The van der Waals surface area contributed by atoms with Gasteiger partial charge in [0, 0.05) is 6.42 Å². The van der Waals surface area contributed by atoms with Crippen molar-refractivity contribution in [2.45, 2.75) is 25.3 Å². The minimum absolute atomic E-state index is 0.138. The van der Waals surface area contributed by atoms with Crippen molar-refractivity contribution in [2.75, 3.05) is 0 Å². The lowest BCUT2D eigenvalue weighted by molar-refractivity contribution is -0.143. The van der Waals surface area contributed by atoms with E-state index in [1.54, 1.807) is 0 Å². The molecule has 0 radical (unpaired) electrons. The summed E-state index contributed by atoms with van der Waals surface area (Å²) in [4.78, 5) is 23.7. The number of rotatable bonds is 8. The van der Waals surface area contributed by atoms with Crippen LogP contribution in [0.4, 0.5) is 4.39 Å². The van der Waals surface area contributed by atoms with Gasteiger partial charge in [-0.1, -0.05) is 42.5 Å². The van der Waals surface area contributed by atoms with Gasteiger partial charge in [0.2, 0.25) is 0 Å². The van der Waals surface area contributed by atoms with Crippen LogP contribution in [-0.4, -0.2) is 22.9 Å². The standard InChI is InChI=1S/C19H20FNO3/c20-16-8-6-14(7-9-16)10-15(19(23)24)12-18(22)17(21)11-13-4-2-1-3-5-13/h1-9,15,17H,10-12,21H2,(H,23,24)/t15?,17-/m0/s1. The van der Waals surface area contributed by atoms with Crippen LogP contribution in [-0.2, 0) is 22.4 Å². The Morgan fingerprint density at radius 3 is 2.12 bits per heavy atom. The Morgan fingerprint density at radius 2 is 1.54 bits per heavy atom. The Bertz CT molecular complexity index is 686. The van der Waals surface area contributed by atoms with E-state index in [2.05, 4.69) is 0 Å². The van der Waals surface area contributed by atoms with Crippen LogP contribution in [0.5, 0.6) is 0 Å². The van der Waals surface area contributed by atoms with Gasteiger partial charge in [-0.25, -0.2) is 4.39 Å². The molecule has 1 unspecified atom stereocenters. The van der Waals surface area contributed by atoms with Gasteiger partial charge in [0.05, 0.1) is 12.0 Å². The van der Waals surface area contributed by atoms with Crippen LogP contribution in [0.3, 0.4) is 0 Å². The number of hydrogen-bond donors (Lipinski definition) is 2. The maximum absolute atomic E-state index is 12.9. The molecule has 2 atom stereocenters. The summed E-state index contributed by atoms with van der Waals surface area (Å²) >= 11 is 0. The summed E-state index contributed by atoms with van der Waals surface area (Å²) < 4.78 is 12.9. The van der Waals surface area contributed by atoms with E-state index < -0.39 is 17.9 Å². The molecule has 0 aromatic heterocycles. The number of Topliss-reactive ketones (excluding diaryl/α,β-unsaturated/α-hetero) is 1. The third kappa shape index (κ3) is 5.28. The quantitative estimate of drug-likeness (QED) is 0.780. The normalized spacial score (nSPS) is 13.2. The number of ketones is 1. The second-order valence-corrected chi connectivity index (χ2v) is 5.83. The van der Waals surface area contributed by atoms with Crippen LogP contribution in [0.15, 0.2) is 54.6 Å². The molecule has 3 N–H and O–H groups in total. The van der Waals surface area contributed by atoms with Crippen LogP contribution in [0.25, 0.3) is 0 Å². The van der Waals surface area contributed by atoms with Crippen molar-refractivity contribution in [1.29, 1.82) is 0 Å². The van der Waals surface area contributed by atoms with E-state index in [4.69, 9.17) is 5.73 Å². The van der Waals surface area contributed by atoms with E-state index in [1.165, 1.54) is 24.3 Å². The van der Waals surface area contributed by atoms with E-state index in [1.807, 2.05) is 30.3 Å². The average Bonchev–Trinajstić information content (AvgIpc) is 2.56. The fourth-order valence-electron chi connectivity index (χ4n) is 2.53. The smallest absolute Gasteiger partial charge is 0.307 e. The first-order valence-electron chi connectivity index (χ1n) is 7.75. The Morgan fingerprint density at radius 1 is 0.958 bits per heavy atom. The third-order valence-electron chi connectivity index (χ3n) is 3.90. The molecule has 0 aliphatic heterocycles. The summed E-state index contributed by atoms with van der Waals surface area (Å²) in [7, 11) is 0. The topological polar surface area (TPSA) is 80.4 Å². The molecule has 126 valence electrons. The zero-order valence-electron chi connectivity index (χ0n) is 13.2. The molecule has 2 rings (SSSR count). The van der Waals surface area contributed by atoms with E-state index in [0.29, 0.717) is 12.0 Å². The molecule has 0 saturated heterocycles. The van der Waals surface area contributed by atoms with Crippen LogP contribution in [0.2, 0.25) is 0 Å². The average molecular weight is 329 g/mol. The molecule has 24 heavy (non-hydrogen) atoms. The number of carbonyl (C=O) groups excluding carboxylic acids is 1. The van der Waals surface area contributed by atoms with Gasteiger partial charge in [0.15, 0.2) is 5.78 Å². The summed E-state index contributed by atoms with van der Waals surface area (Å²) in [5.41, 5.74) is 7.53. The number of carbonyl (C=O) groups is 2. The van der Waals surface area contributed by atoms with Gasteiger partial charge in [-0.2, -0.15) is 0 Å². The maximum atomic E-state index is 12.9. The largest absolute Gasteiger partial charge is 0.481 e. The first-order valence-corrected chi connectivity index (χ1v) is 7.75. The second kappa shape index (κ2) is 8.36. The number of carboxylic acids is 1. The Hall–Kier alpha value is -2.53. The van der Waals surface area contributed by atoms with Gasteiger partial charge in [0.1, 0.15) is 5.82 Å². The van der Waals surface area contributed by atoms with Crippen LogP contribution in [0, 0.1) is 11.7 Å². The van der Waals surface area contributed by atoms with Gasteiger partial charge in [-0.05, 0) is 36.1 Å². The SMILES string of the molecule is N[C@@H](Cc1ccccc1)C(=O)CC(Cc1ccc(F)cc1)C(=O)O. The first kappa shape index (κ1) is 17.8. The van der Waals surface area contributed by atoms with Gasteiger partial charge >= 0.3 is 5.97 Å². The first-order chi connectivity index (χ1) is 11.5. The molecule has 0 aliphatic rings. The van der Waals surface area contributed by atoms with E-state index in [-0.39, 0.29) is 24.4 Å². The van der Waals surface area contributed by atoms with Crippen molar-refractivity contribution in [3.05, 3.63) is 71.5 Å². The highest BCUT2D eigenvalue weighted by molar-refractivity contribution is 5.88. The van der Waals surface area contributed by atoms with Crippen molar-refractivity contribution in [3.8, 4) is 0 Å². The molecule has 5 heteroatoms. The highest BCUT2D eigenvalue weighted by Gasteiger charge is 2.25. The molecule has 2 aromatic rings. The highest BCUT2D eigenvalue weighted by Crippen LogP contribution is 2.16. The molecular formula is C19H20FNO3. The fraction of sp³-hybridized carbons (Fsp3) is 0.263. The van der Waals surface area contributed by atoms with Crippen LogP contribution >= 0.6 is 0 Å². The van der Waals surface area contributed by atoms with Gasteiger partial charge in [-0.3, -0.25) is 9.59 Å². The Labute approximate surface area is 140 Å². The van der Waals surface area contributed by atoms with Crippen molar-refractivity contribution in [3.63, 3.8) is 0 Å². The number of nitrogens with two attached hydrogens (primary N) is 1. The minimum Gasteiger partial charge on any atom is -0.481 e. The summed E-state index contributed by atoms with van der Waals surface area (Å²) in [6, 6.07) is 14.2. The molecule has 0 fully saturated rings. The minimum atomic E-state index is -1.06. The number of aliphatic carboxylic acids is 1. The zero-order valence-corrected chi connectivity index (χ0v) is 13.2. The zero-order chi connectivity index (χ0) is 17.5. The van der Waals surface area contributed by atoms with Crippen molar-refractivity contribution in [1.82, 2.24) is 0 Å². The number of hydrogen-bond acceptors (Lipinski definition) is 3. The van der Waals surface area contributed by atoms with E-state index in [9.17, 15) is 19.1 Å². The summed E-state index contributed by atoms with van der Waals surface area (Å²) in [6.07, 6.45) is 0.405. The fourth-order valence-corrected chi connectivity index (χ4v) is 2.53. The monoisotopic (exact) mass is 329 g/mol. The Kier molecular flexibility index (Phi) is 6.21. The van der Waals surface area contributed by atoms with Crippen LogP contribution in [0.1, 0.15) is 17.5 Å². The summed E-state index contributed by atoms with van der Waals surface area (Å²) in [6.45, 7) is 0. The molecule has 4 nitrogen and oxygen atoms in total. The summed E-state index contributed by atoms with van der Waals surface area (Å²) in [5, 5.41) is 9.34. The summed E-state index contributed by atoms with van der Waals surface area (Å²) in [5.74, 6) is -2.59. The highest BCUT2D eigenvalue weighted by atomic mass is 19.1. The lowest BCUT2D eigenvalue weighted by Crippen LogP contribution is -2.35. The van der Waals surface area contributed by atoms with E-state index in [0.717, 1.165) is 5.56 Å². The lowest BCUT2D eigenvalue weighted by Gasteiger charge is -2.15. The number of halogens is 1. The van der Waals surface area contributed by atoms with Crippen molar-refractivity contribution >= 4 is 11.8 Å². The molecule has 0 aliphatic carbocycles.